The quantitative estimate of drug-likeness (QED) is 0.364. The van der Waals surface area contributed by atoms with E-state index < -0.39 is 0 Å². The van der Waals surface area contributed by atoms with Crippen molar-refractivity contribution in [1.29, 1.82) is 0 Å². The Hall–Kier alpha value is -3.05. The zero-order chi connectivity index (χ0) is 28.4. The van der Waals surface area contributed by atoms with Gasteiger partial charge in [0.1, 0.15) is 5.03 Å². The van der Waals surface area contributed by atoms with Crippen LogP contribution in [0.25, 0.3) is 0 Å². The standard InChI is InChI=1S/C28H31Cl2N7O2S/c1-31-18-9-11-36(12-10-18)23-8-7-19(13-17(23)14-24(38)35(2)3)33-28-32-15-20-26(34-28)40-16-37(27(20)39)25-21(29)5-4-6-22(25)30/h4-8,13,15,18,31H,9-12,14,16H2,1-3H3,(H,32,33,34). The minimum atomic E-state index is -0.258. The van der Waals surface area contributed by atoms with Crippen molar-refractivity contribution in [2.75, 3.05) is 55.2 Å². The van der Waals surface area contributed by atoms with E-state index >= 15 is 0 Å². The molecule has 2 aliphatic rings. The molecule has 9 nitrogen and oxygen atoms in total. The lowest BCUT2D eigenvalue weighted by atomic mass is 10.0. The van der Waals surface area contributed by atoms with Gasteiger partial charge in [-0.25, -0.2) is 9.97 Å². The fourth-order valence-corrected chi connectivity index (χ4v) is 6.44. The fraction of sp³-hybridized carbons (Fsp3) is 0.357. The lowest BCUT2D eigenvalue weighted by molar-refractivity contribution is -0.127. The summed E-state index contributed by atoms with van der Waals surface area (Å²) < 4.78 is 0. The number of hydrogen-bond donors (Lipinski definition) is 2. The Morgan fingerprint density at radius 1 is 1.15 bits per heavy atom. The molecule has 0 atom stereocenters. The predicted molar refractivity (Wildman–Crippen MR) is 162 cm³/mol. The smallest absolute Gasteiger partial charge is 0.263 e. The van der Waals surface area contributed by atoms with Crippen molar-refractivity contribution in [1.82, 2.24) is 20.2 Å². The molecule has 5 rings (SSSR count). The van der Waals surface area contributed by atoms with Gasteiger partial charge in [0.25, 0.3) is 5.91 Å². The molecule has 0 unspecified atom stereocenters. The molecule has 2 aliphatic heterocycles. The minimum absolute atomic E-state index is 0.0339. The first kappa shape index (κ1) is 28.5. The first-order chi connectivity index (χ1) is 19.2. The highest BCUT2D eigenvalue weighted by molar-refractivity contribution is 7.99. The number of hydrogen-bond acceptors (Lipinski definition) is 8. The Kier molecular flexibility index (Phi) is 8.70. The van der Waals surface area contributed by atoms with Gasteiger partial charge in [-0.15, -0.1) is 0 Å². The maximum Gasteiger partial charge on any atom is 0.263 e. The van der Waals surface area contributed by atoms with Gasteiger partial charge in [0.05, 0.1) is 33.6 Å². The maximum atomic E-state index is 13.3. The summed E-state index contributed by atoms with van der Waals surface area (Å²) in [7, 11) is 5.54. The van der Waals surface area contributed by atoms with Crippen molar-refractivity contribution in [3.05, 3.63) is 63.8 Å². The van der Waals surface area contributed by atoms with Crippen LogP contribution in [0.3, 0.4) is 0 Å². The van der Waals surface area contributed by atoms with Gasteiger partial charge >= 0.3 is 0 Å². The largest absolute Gasteiger partial charge is 0.371 e. The van der Waals surface area contributed by atoms with E-state index in [1.807, 2.05) is 19.2 Å². The van der Waals surface area contributed by atoms with Gasteiger partial charge in [-0.3, -0.25) is 14.5 Å². The van der Waals surface area contributed by atoms with E-state index in [2.05, 4.69) is 31.6 Å². The van der Waals surface area contributed by atoms with Gasteiger partial charge in [-0.05, 0) is 55.8 Å². The predicted octanol–water partition coefficient (Wildman–Crippen LogP) is 5.06. The topological polar surface area (TPSA) is 93.7 Å². The van der Waals surface area contributed by atoms with Crippen molar-refractivity contribution >= 4 is 69.8 Å². The summed E-state index contributed by atoms with van der Waals surface area (Å²) in [4.78, 5) is 40.5. The highest BCUT2D eigenvalue weighted by Crippen LogP contribution is 2.39. The lowest BCUT2D eigenvalue weighted by Gasteiger charge is -2.35. The van der Waals surface area contributed by atoms with Crippen LogP contribution in [0.4, 0.5) is 23.0 Å². The number of benzene rings is 2. The van der Waals surface area contributed by atoms with Gasteiger partial charge in [0.15, 0.2) is 0 Å². The Bertz CT molecular complexity index is 1410. The molecule has 1 saturated heterocycles. The number of halogens is 2. The summed E-state index contributed by atoms with van der Waals surface area (Å²) in [6.07, 6.45) is 3.92. The average molecular weight is 601 g/mol. The number of thioether (sulfide) groups is 1. The molecule has 0 spiro atoms. The molecule has 210 valence electrons. The van der Waals surface area contributed by atoms with Crippen molar-refractivity contribution in [2.45, 2.75) is 30.3 Å². The number of anilines is 4. The van der Waals surface area contributed by atoms with E-state index in [9.17, 15) is 9.59 Å². The van der Waals surface area contributed by atoms with Crippen LogP contribution >= 0.6 is 35.0 Å². The van der Waals surface area contributed by atoms with Crippen molar-refractivity contribution in [2.24, 2.45) is 0 Å². The van der Waals surface area contributed by atoms with Crippen molar-refractivity contribution < 1.29 is 9.59 Å². The van der Waals surface area contributed by atoms with Crippen LogP contribution in [0.2, 0.25) is 10.0 Å². The Balaban J connectivity index is 1.37. The molecule has 0 radical (unpaired) electrons. The summed E-state index contributed by atoms with van der Waals surface area (Å²) in [6.45, 7) is 1.86. The second-order valence-corrected chi connectivity index (χ2v) is 11.7. The number of nitrogens with zero attached hydrogens (tertiary/aromatic N) is 5. The number of likely N-dealkylation sites (N-methyl/N-ethyl adjacent to an activating group) is 1. The monoisotopic (exact) mass is 599 g/mol. The molecule has 1 aromatic heterocycles. The van der Waals surface area contributed by atoms with E-state index in [1.54, 1.807) is 42.1 Å². The third kappa shape index (κ3) is 6.00. The molecule has 2 N–H and O–H groups in total. The number of carbonyl (C=O) groups excluding carboxylic acids is 2. The van der Waals surface area contributed by atoms with Crippen LogP contribution in [-0.2, 0) is 11.2 Å². The number of aromatic nitrogens is 2. The Morgan fingerprint density at radius 2 is 1.88 bits per heavy atom. The van der Waals surface area contributed by atoms with Crippen LogP contribution in [0.5, 0.6) is 0 Å². The number of fused-ring (bicyclic) bond motifs is 1. The number of para-hydroxylation sites is 1. The zero-order valence-corrected chi connectivity index (χ0v) is 24.9. The van der Waals surface area contributed by atoms with Crippen LogP contribution < -0.4 is 20.4 Å². The number of amides is 2. The second kappa shape index (κ2) is 12.2. The molecule has 12 heteroatoms. The molecule has 1 fully saturated rings. The van der Waals surface area contributed by atoms with E-state index in [-0.39, 0.29) is 11.8 Å². The summed E-state index contributed by atoms with van der Waals surface area (Å²) in [5.74, 6) is 0.468. The fourth-order valence-electron chi connectivity index (χ4n) is 4.90. The third-order valence-electron chi connectivity index (χ3n) is 7.19. The minimum Gasteiger partial charge on any atom is -0.371 e. The Labute approximate surface area is 248 Å². The highest BCUT2D eigenvalue weighted by atomic mass is 35.5. The van der Waals surface area contributed by atoms with Crippen LogP contribution in [0, 0.1) is 0 Å². The summed E-state index contributed by atoms with van der Waals surface area (Å²) in [5, 5.41) is 8.02. The van der Waals surface area contributed by atoms with Crippen molar-refractivity contribution in [3.8, 4) is 0 Å². The lowest BCUT2D eigenvalue weighted by Crippen LogP contribution is -2.41. The third-order valence-corrected chi connectivity index (χ3v) is 8.77. The first-order valence-electron chi connectivity index (χ1n) is 13.0. The van der Waals surface area contributed by atoms with E-state index in [0.717, 1.165) is 42.9 Å². The first-order valence-corrected chi connectivity index (χ1v) is 14.8. The Morgan fingerprint density at radius 3 is 2.55 bits per heavy atom. The molecule has 0 aliphatic carbocycles. The van der Waals surface area contributed by atoms with Gasteiger partial charge in [0.2, 0.25) is 11.9 Å². The molecule has 40 heavy (non-hydrogen) atoms. The van der Waals surface area contributed by atoms with Gasteiger partial charge in [-0.1, -0.05) is 41.0 Å². The summed E-state index contributed by atoms with van der Waals surface area (Å²) in [6, 6.07) is 11.7. The number of rotatable bonds is 7. The second-order valence-electron chi connectivity index (χ2n) is 9.97. The maximum absolute atomic E-state index is 13.3. The average Bonchev–Trinajstić information content (AvgIpc) is 2.94. The number of carbonyl (C=O) groups is 2. The number of nitrogens with one attached hydrogen (secondary N) is 2. The van der Waals surface area contributed by atoms with Gasteiger partial charge < -0.3 is 20.4 Å². The van der Waals surface area contributed by atoms with Crippen molar-refractivity contribution in [3.63, 3.8) is 0 Å². The van der Waals surface area contributed by atoms with Gasteiger partial charge in [0, 0.05) is 50.8 Å². The number of piperidine rings is 1. The molecule has 0 bridgehead atoms. The van der Waals surface area contributed by atoms with Crippen LogP contribution in [0.1, 0.15) is 28.8 Å². The molecular formula is C28H31Cl2N7O2S. The molecule has 2 aromatic carbocycles. The van der Waals surface area contributed by atoms with E-state index in [1.165, 1.54) is 18.0 Å². The SMILES string of the molecule is CNC1CCN(c2ccc(Nc3ncc4c(n3)SCN(c3c(Cl)cccc3Cl)C4=O)cc2CC(=O)N(C)C)CC1. The molecule has 3 aromatic rings. The summed E-state index contributed by atoms with van der Waals surface area (Å²) >= 11 is 14.1. The zero-order valence-electron chi connectivity index (χ0n) is 22.6. The summed E-state index contributed by atoms with van der Waals surface area (Å²) in [5.41, 5.74) is 3.65. The molecule has 2 amide bonds. The molecular weight excluding hydrogens is 569 g/mol. The highest BCUT2D eigenvalue weighted by Gasteiger charge is 2.30. The van der Waals surface area contributed by atoms with Crippen LogP contribution in [0.15, 0.2) is 47.6 Å². The molecule has 0 saturated carbocycles. The van der Waals surface area contributed by atoms with E-state index in [4.69, 9.17) is 23.2 Å². The normalized spacial score (nSPS) is 15.7. The van der Waals surface area contributed by atoms with Crippen LogP contribution in [-0.4, -0.2) is 72.8 Å². The van der Waals surface area contributed by atoms with Gasteiger partial charge in [-0.2, -0.15) is 0 Å². The molecule has 3 heterocycles. The van der Waals surface area contributed by atoms with E-state index in [0.29, 0.717) is 50.6 Å².